The molecule has 5 heteroatoms. The first-order valence-corrected chi connectivity index (χ1v) is 6.20. The number of benzene rings is 2. The average molecular weight is 281 g/mol. The summed E-state index contributed by atoms with van der Waals surface area (Å²) >= 11 is 0. The summed E-state index contributed by atoms with van der Waals surface area (Å²) in [4.78, 5) is 25.1. The summed E-state index contributed by atoms with van der Waals surface area (Å²) in [5.41, 5.74) is 1.60. The predicted molar refractivity (Wildman–Crippen MR) is 77.4 cm³/mol. The van der Waals surface area contributed by atoms with Crippen LogP contribution < -0.4 is 4.90 Å². The molecule has 1 heterocycles. The Morgan fingerprint density at radius 2 is 1.76 bits per heavy atom. The predicted octanol–water partition coefficient (Wildman–Crippen LogP) is 2.72. The van der Waals surface area contributed by atoms with E-state index in [4.69, 9.17) is 0 Å². The maximum Gasteiger partial charge on any atom is 0.337 e. The van der Waals surface area contributed by atoms with Gasteiger partial charge < -0.3 is 10.2 Å². The summed E-state index contributed by atoms with van der Waals surface area (Å²) in [7, 11) is 0. The molecular formula is C16H11NO4. The summed E-state index contributed by atoms with van der Waals surface area (Å²) in [6.07, 6.45) is 0. The van der Waals surface area contributed by atoms with Crippen LogP contribution in [0.2, 0.25) is 0 Å². The van der Waals surface area contributed by atoms with Crippen LogP contribution in [0.5, 0.6) is 5.75 Å². The second-order valence-corrected chi connectivity index (χ2v) is 4.64. The minimum atomic E-state index is -1.22. The number of fused-ring (bicyclic) bond motifs is 1. The number of carboxylic acids is 1. The van der Waals surface area contributed by atoms with Gasteiger partial charge in [-0.1, -0.05) is 24.8 Å². The Kier molecular flexibility index (Phi) is 2.76. The number of aromatic hydroxyl groups is 1. The van der Waals surface area contributed by atoms with E-state index in [1.165, 1.54) is 17.0 Å². The number of amides is 1. The maximum atomic E-state index is 12.5. The lowest BCUT2D eigenvalue weighted by Gasteiger charge is -2.19. The zero-order valence-electron chi connectivity index (χ0n) is 10.9. The molecule has 0 aliphatic carbocycles. The van der Waals surface area contributed by atoms with E-state index < -0.39 is 5.97 Å². The van der Waals surface area contributed by atoms with Crippen molar-refractivity contribution < 1.29 is 19.8 Å². The monoisotopic (exact) mass is 281 g/mol. The standard InChI is InChI=1S/C16H11NO4/c1-9-11-4-2-3-5-12(11)15(19)17(9)14-7-6-10(18)8-13(14)16(20)21/h2-8,18H,1H2,(H,20,21). The summed E-state index contributed by atoms with van der Waals surface area (Å²) in [5, 5.41) is 18.7. The van der Waals surface area contributed by atoms with Crippen molar-refractivity contribution in [2.45, 2.75) is 0 Å². The van der Waals surface area contributed by atoms with Gasteiger partial charge in [-0.2, -0.15) is 0 Å². The van der Waals surface area contributed by atoms with Gasteiger partial charge in [-0.15, -0.1) is 0 Å². The van der Waals surface area contributed by atoms with Crippen LogP contribution in [0, 0.1) is 0 Å². The molecule has 0 fully saturated rings. The molecule has 2 aromatic rings. The highest BCUT2D eigenvalue weighted by Crippen LogP contribution is 2.38. The first-order chi connectivity index (χ1) is 10.0. The largest absolute Gasteiger partial charge is 0.508 e. The molecular weight excluding hydrogens is 270 g/mol. The van der Waals surface area contributed by atoms with Gasteiger partial charge in [-0.3, -0.25) is 9.69 Å². The molecule has 2 aromatic carbocycles. The third-order valence-corrected chi connectivity index (χ3v) is 3.39. The minimum absolute atomic E-state index is 0.155. The van der Waals surface area contributed by atoms with E-state index in [2.05, 4.69) is 6.58 Å². The van der Waals surface area contributed by atoms with Crippen LogP contribution in [-0.2, 0) is 0 Å². The minimum Gasteiger partial charge on any atom is -0.508 e. The van der Waals surface area contributed by atoms with Crippen molar-refractivity contribution in [2.24, 2.45) is 0 Å². The van der Waals surface area contributed by atoms with Crippen LogP contribution in [0.3, 0.4) is 0 Å². The van der Waals surface area contributed by atoms with Crippen LogP contribution in [-0.4, -0.2) is 22.1 Å². The summed E-state index contributed by atoms with van der Waals surface area (Å²) in [6, 6.07) is 10.8. The van der Waals surface area contributed by atoms with E-state index in [0.29, 0.717) is 16.8 Å². The number of carboxylic acid groups (broad SMARTS) is 1. The molecule has 0 bridgehead atoms. The zero-order valence-corrected chi connectivity index (χ0v) is 10.9. The highest BCUT2D eigenvalue weighted by Gasteiger charge is 2.34. The van der Waals surface area contributed by atoms with Crippen LogP contribution in [0.4, 0.5) is 5.69 Å². The van der Waals surface area contributed by atoms with Crippen LogP contribution in [0.25, 0.3) is 5.70 Å². The molecule has 0 saturated carbocycles. The van der Waals surface area contributed by atoms with Crippen molar-refractivity contribution in [1.82, 2.24) is 0 Å². The highest BCUT2D eigenvalue weighted by molar-refractivity contribution is 6.23. The molecule has 0 spiro atoms. The molecule has 2 N–H and O–H groups in total. The average Bonchev–Trinajstić information content (AvgIpc) is 2.72. The molecule has 1 amide bonds. The molecule has 1 aliphatic rings. The molecule has 1 aliphatic heterocycles. The third-order valence-electron chi connectivity index (χ3n) is 3.39. The maximum absolute atomic E-state index is 12.5. The quantitative estimate of drug-likeness (QED) is 0.887. The van der Waals surface area contributed by atoms with E-state index in [1.54, 1.807) is 24.3 Å². The van der Waals surface area contributed by atoms with Crippen molar-refractivity contribution in [1.29, 1.82) is 0 Å². The summed E-state index contributed by atoms with van der Waals surface area (Å²) in [5.74, 6) is -1.73. The second kappa shape index (κ2) is 4.49. The van der Waals surface area contributed by atoms with E-state index in [9.17, 15) is 19.8 Å². The van der Waals surface area contributed by atoms with Crippen molar-refractivity contribution >= 4 is 23.3 Å². The fourth-order valence-electron chi connectivity index (χ4n) is 2.43. The Morgan fingerprint density at radius 3 is 2.38 bits per heavy atom. The van der Waals surface area contributed by atoms with E-state index >= 15 is 0 Å². The fourth-order valence-corrected chi connectivity index (χ4v) is 2.43. The van der Waals surface area contributed by atoms with Crippen LogP contribution in [0.1, 0.15) is 26.3 Å². The topological polar surface area (TPSA) is 77.8 Å². The van der Waals surface area contributed by atoms with E-state index in [1.807, 2.05) is 0 Å². The fraction of sp³-hybridized carbons (Fsp3) is 0. The van der Waals surface area contributed by atoms with Crippen LogP contribution >= 0.6 is 0 Å². The number of anilines is 1. The number of rotatable bonds is 2. The Labute approximate surface area is 120 Å². The SMILES string of the molecule is C=C1c2ccccc2C(=O)N1c1ccc(O)cc1C(=O)O. The van der Waals surface area contributed by atoms with E-state index in [-0.39, 0.29) is 22.9 Å². The number of hydrogen-bond donors (Lipinski definition) is 2. The lowest BCUT2D eigenvalue weighted by molar-refractivity contribution is 0.0697. The van der Waals surface area contributed by atoms with Gasteiger partial charge in [-0.05, 0) is 24.3 Å². The lowest BCUT2D eigenvalue weighted by Crippen LogP contribution is -2.24. The summed E-state index contributed by atoms with van der Waals surface area (Å²) in [6.45, 7) is 3.88. The molecule has 3 rings (SSSR count). The Morgan fingerprint density at radius 1 is 1.10 bits per heavy atom. The first kappa shape index (κ1) is 12.9. The number of aromatic carboxylic acids is 1. The smallest absolute Gasteiger partial charge is 0.337 e. The normalized spacial score (nSPS) is 13.4. The Bertz CT molecular complexity index is 760. The number of hydrogen-bond acceptors (Lipinski definition) is 3. The number of phenols is 1. The molecule has 0 saturated heterocycles. The Hall–Kier alpha value is -3.08. The number of carbonyl (C=O) groups is 2. The summed E-state index contributed by atoms with van der Waals surface area (Å²) < 4.78 is 0. The van der Waals surface area contributed by atoms with Gasteiger partial charge in [0.15, 0.2) is 0 Å². The zero-order chi connectivity index (χ0) is 15.1. The molecule has 21 heavy (non-hydrogen) atoms. The van der Waals surface area contributed by atoms with Gasteiger partial charge in [0, 0.05) is 11.1 Å². The molecule has 5 nitrogen and oxygen atoms in total. The van der Waals surface area contributed by atoms with Gasteiger partial charge in [0.25, 0.3) is 5.91 Å². The molecule has 0 radical (unpaired) electrons. The highest BCUT2D eigenvalue weighted by atomic mass is 16.4. The Balaban J connectivity index is 2.18. The van der Waals surface area contributed by atoms with Crippen molar-refractivity contribution in [2.75, 3.05) is 4.90 Å². The first-order valence-electron chi connectivity index (χ1n) is 6.20. The van der Waals surface area contributed by atoms with Gasteiger partial charge in [0.2, 0.25) is 0 Å². The lowest BCUT2D eigenvalue weighted by atomic mass is 10.1. The molecule has 104 valence electrons. The third kappa shape index (κ3) is 1.87. The molecule has 0 unspecified atom stereocenters. The van der Waals surface area contributed by atoms with Gasteiger partial charge in [0.05, 0.1) is 16.9 Å². The van der Waals surface area contributed by atoms with Crippen LogP contribution in [0.15, 0.2) is 49.0 Å². The van der Waals surface area contributed by atoms with Gasteiger partial charge >= 0.3 is 5.97 Å². The second-order valence-electron chi connectivity index (χ2n) is 4.64. The van der Waals surface area contributed by atoms with Crippen molar-refractivity contribution in [3.05, 3.63) is 65.7 Å². The van der Waals surface area contributed by atoms with Crippen molar-refractivity contribution in [3.63, 3.8) is 0 Å². The number of phenolic OH excluding ortho intramolecular Hbond substituents is 1. The van der Waals surface area contributed by atoms with Crippen molar-refractivity contribution in [3.8, 4) is 5.75 Å². The van der Waals surface area contributed by atoms with E-state index in [0.717, 1.165) is 6.07 Å². The molecule has 0 aromatic heterocycles. The number of nitrogens with zero attached hydrogens (tertiary/aromatic N) is 1. The van der Waals surface area contributed by atoms with Gasteiger partial charge in [0.1, 0.15) is 5.75 Å². The molecule has 0 atom stereocenters. The number of carbonyl (C=O) groups excluding carboxylic acids is 1. The van der Waals surface area contributed by atoms with Gasteiger partial charge in [-0.25, -0.2) is 4.79 Å².